The first-order valence-corrected chi connectivity index (χ1v) is 5.93. The number of nitrogens with one attached hydrogen (secondary N) is 2. The lowest BCUT2D eigenvalue weighted by atomic mass is 10.0. The molecule has 16 heavy (non-hydrogen) atoms. The first-order chi connectivity index (χ1) is 7.72. The van der Waals surface area contributed by atoms with E-state index in [0.29, 0.717) is 12.5 Å². The Morgan fingerprint density at radius 3 is 2.50 bits per heavy atom. The highest BCUT2D eigenvalue weighted by Crippen LogP contribution is 2.12. The smallest absolute Gasteiger partial charge is 0.239 e. The summed E-state index contributed by atoms with van der Waals surface area (Å²) in [6.45, 7) is 2.18. The van der Waals surface area contributed by atoms with Crippen LogP contribution in [0.4, 0.5) is 0 Å². The molecule has 1 fully saturated rings. The lowest BCUT2D eigenvalue weighted by Gasteiger charge is -2.22. The van der Waals surface area contributed by atoms with Gasteiger partial charge in [0.15, 0.2) is 0 Å². The van der Waals surface area contributed by atoms with E-state index in [0.717, 1.165) is 26.1 Å². The van der Waals surface area contributed by atoms with Crippen LogP contribution in [0.3, 0.4) is 0 Å². The maximum Gasteiger partial charge on any atom is 0.239 e. The minimum atomic E-state index is -0.331. The summed E-state index contributed by atoms with van der Waals surface area (Å²) in [6.07, 6.45) is 1.96. The maximum absolute atomic E-state index is 11.3. The predicted molar refractivity (Wildman–Crippen MR) is 60.3 cm³/mol. The molecular formula is C10H17ClN2O3. The number of hydrogen-bond acceptors (Lipinski definition) is 3. The normalized spacial score (nSPS) is 16.8. The van der Waals surface area contributed by atoms with Gasteiger partial charge in [0.25, 0.3) is 0 Å². The highest BCUT2D eigenvalue weighted by atomic mass is 35.5. The molecule has 0 radical (unpaired) electrons. The lowest BCUT2D eigenvalue weighted by Crippen LogP contribution is -2.40. The van der Waals surface area contributed by atoms with Crippen molar-refractivity contribution < 1.29 is 14.3 Å². The monoisotopic (exact) mass is 248 g/mol. The van der Waals surface area contributed by atoms with E-state index >= 15 is 0 Å². The Hall–Kier alpha value is -0.810. The van der Waals surface area contributed by atoms with E-state index in [1.165, 1.54) is 0 Å². The largest absolute Gasteiger partial charge is 0.381 e. The van der Waals surface area contributed by atoms with E-state index in [2.05, 4.69) is 10.6 Å². The fraction of sp³-hybridized carbons (Fsp3) is 0.800. The van der Waals surface area contributed by atoms with Crippen LogP contribution < -0.4 is 10.6 Å². The average Bonchev–Trinajstić information content (AvgIpc) is 2.34. The second kappa shape index (κ2) is 7.46. The molecule has 2 amide bonds. The molecule has 0 atom stereocenters. The molecule has 0 spiro atoms. The standard InChI is InChI=1S/C10H17ClN2O3/c11-5-9(14)13-7-10(15)12-6-8-1-3-16-4-2-8/h8H,1-7H2,(H,12,15)(H,13,14). The van der Waals surface area contributed by atoms with Gasteiger partial charge in [-0.1, -0.05) is 0 Å². The molecule has 0 aromatic heterocycles. The minimum Gasteiger partial charge on any atom is -0.381 e. The van der Waals surface area contributed by atoms with Crippen molar-refractivity contribution in [1.29, 1.82) is 0 Å². The summed E-state index contributed by atoms with van der Waals surface area (Å²) in [7, 11) is 0. The van der Waals surface area contributed by atoms with Gasteiger partial charge in [-0.2, -0.15) is 0 Å². The van der Waals surface area contributed by atoms with Crippen LogP contribution in [-0.4, -0.2) is 44.0 Å². The van der Waals surface area contributed by atoms with E-state index in [1.807, 2.05) is 0 Å². The Morgan fingerprint density at radius 1 is 1.19 bits per heavy atom. The third-order valence-electron chi connectivity index (χ3n) is 2.50. The van der Waals surface area contributed by atoms with E-state index in [-0.39, 0.29) is 24.2 Å². The third-order valence-corrected chi connectivity index (χ3v) is 2.74. The lowest BCUT2D eigenvalue weighted by molar-refractivity contribution is -0.125. The van der Waals surface area contributed by atoms with Gasteiger partial charge in [-0.25, -0.2) is 0 Å². The quantitative estimate of drug-likeness (QED) is 0.667. The van der Waals surface area contributed by atoms with Gasteiger partial charge in [0.1, 0.15) is 5.88 Å². The van der Waals surface area contributed by atoms with Gasteiger partial charge in [-0.15, -0.1) is 11.6 Å². The zero-order valence-corrected chi connectivity index (χ0v) is 9.89. The number of carbonyl (C=O) groups is 2. The van der Waals surface area contributed by atoms with Crippen molar-refractivity contribution in [1.82, 2.24) is 10.6 Å². The second-order valence-electron chi connectivity index (χ2n) is 3.77. The molecule has 1 aliphatic heterocycles. The molecule has 2 N–H and O–H groups in total. The Labute approximate surface area is 99.9 Å². The number of hydrogen-bond donors (Lipinski definition) is 2. The number of ether oxygens (including phenoxy) is 1. The number of carbonyl (C=O) groups excluding carboxylic acids is 2. The van der Waals surface area contributed by atoms with Gasteiger partial charge in [0.05, 0.1) is 6.54 Å². The molecule has 6 heteroatoms. The van der Waals surface area contributed by atoms with Crippen LogP contribution in [0.25, 0.3) is 0 Å². The molecule has 5 nitrogen and oxygen atoms in total. The summed E-state index contributed by atoms with van der Waals surface area (Å²) in [4.78, 5) is 22.1. The number of halogens is 1. The van der Waals surface area contributed by atoms with Crippen molar-refractivity contribution in [3.8, 4) is 0 Å². The Morgan fingerprint density at radius 2 is 1.88 bits per heavy atom. The van der Waals surface area contributed by atoms with Crippen LogP contribution in [0.15, 0.2) is 0 Å². The molecular weight excluding hydrogens is 232 g/mol. The van der Waals surface area contributed by atoms with Gasteiger partial charge in [-0.05, 0) is 18.8 Å². The second-order valence-corrected chi connectivity index (χ2v) is 4.04. The summed E-state index contributed by atoms with van der Waals surface area (Å²) in [5.74, 6) is -0.137. The summed E-state index contributed by atoms with van der Waals surface area (Å²) in [6, 6.07) is 0. The van der Waals surface area contributed by atoms with Gasteiger partial charge >= 0.3 is 0 Å². The van der Waals surface area contributed by atoms with Crippen molar-refractivity contribution in [3.63, 3.8) is 0 Å². The highest BCUT2D eigenvalue weighted by Gasteiger charge is 2.14. The maximum atomic E-state index is 11.3. The molecule has 1 aliphatic rings. The molecule has 1 saturated heterocycles. The summed E-state index contributed by atoms with van der Waals surface area (Å²) < 4.78 is 5.22. The molecule has 1 rings (SSSR count). The van der Waals surface area contributed by atoms with Crippen molar-refractivity contribution in [2.75, 3.05) is 32.2 Å². The van der Waals surface area contributed by atoms with Crippen LogP contribution in [0, 0.1) is 5.92 Å². The van der Waals surface area contributed by atoms with Crippen LogP contribution in [-0.2, 0) is 14.3 Å². The van der Waals surface area contributed by atoms with E-state index in [9.17, 15) is 9.59 Å². The van der Waals surface area contributed by atoms with Crippen molar-refractivity contribution in [2.45, 2.75) is 12.8 Å². The van der Waals surface area contributed by atoms with E-state index in [4.69, 9.17) is 16.3 Å². The number of rotatable bonds is 5. The van der Waals surface area contributed by atoms with Crippen molar-refractivity contribution in [3.05, 3.63) is 0 Å². The molecule has 0 saturated carbocycles. The molecule has 92 valence electrons. The third kappa shape index (κ3) is 5.32. The Balaban J connectivity index is 2.07. The molecule has 0 aromatic rings. The topological polar surface area (TPSA) is 67.4 Å². The van der Waals surface area contributed by atoms with E-state index < -0.39 is 0 Å². The molecule has 0 aliphatic carbocycles. The molecule has 0 aromatic carbocycles. The van der Waals surface area contributed by atoms with Crippen LogP contribution in [0.5, 0.6) is 0 Å². The Bertz CT molecular complexity index is 242. The minimum absolute atomic E-state index is 0.00519. The van der Waals surface area contributed by atoms with Gasteiger partial charge in [0, 0.05) is 19.8 Å². The van der Waals surface area contributed by atoms with Crippen molar-refractivity contribution in [2.24, 2.45) is 5.92 Å². The molecule has 0 bridgehead atoms. The fourth-order valence-electron chi connectivity index (χ4n) is 1.50. The average molecular weight is 249 g/mol. The zero-order chi connectivity index (χ0) is 11.8. The van der Waals surface area contributed by atoms with Gasteiger partial charge in [-0.3, -0.25) is 9.59 Å². The van der Waals surface area contributed by atoms with Crippen LogP contribution in [0.2, 0.25) is 0 Å². The summed E-state index contributed by atoms with van der Waals surface area (Å²) in [5.41, 5.74) is 0. The summed E-state index contributed by atoms with van der Waals surface area (Å²) in [5, 5.41) is 5.19. The predicted octanol–water partition coefficient (Wildman–Crippen LogP) is -0.116. The highest BCUT2D eigenvalue weighted by molar-refractivity contribution is 6.27. The van der Waals surface area contributed by atoms with Crippen LogP contribution in [0.1, 0.15) is 12.8 Å². The zero-order valence-electron chi connectivity index (χ0n) is 9.13. The fourth-order valence-corrected chi connectivity index (χ4v) is 1.59. The van der Waals surface area contributed by atoms with Crippen LogP contribution >= 0.6 is 11.6 Å². The van der Waals surface area contributed by atoms with Gasteiger partial charge in [0.2, 0.25) is 11.8 Å². The first kappa shape index (κ1) is 13.3. The SMILES string of the molecule is O=C(CCl)NCC(=O)NCC1CCOCC1. The van der Waals surface area contributed by atoms with Gasteiger partial charge < -0.3 is 15.4 Å². The van der Waals surface area contributed by atoms with Crippen molar-refractivity contribution >= 4 is 23.4 Å². The number of amides is 2. The number of alkyl halides is 1. The Kier molecular flexibility index (Phi) is 6.18. The molecule has 1 heterocycles. The molecule has 0 unspecified atom stereocenters. The summed E-state index contributed by atoms with van der Waals surface area (Å²) >= 11 is 5.28. The van der Waals surface area contributed by atoms with E-state index in [1.54, 1.807) is 0 Å². The first-order valence-electron chi connectivity index (χ1n) is 5.39.